The Morgan fingerprint density at radius 2 is 1.60 bits per heavy atom. The first-order valence-corrected chi connectivity index (χ1v) is 6.34. The van der Waals surface area contributed by atoms with Crippen molar-refractivity contribution in [1.29, 1.82) is 5.26 Å². The van der Waals surface area contributed by atoms with Crippen LogP contribution in [0, 0.1) is 11.3 Å². The van der Waals surface area contributed by atoms with E-state index in [-0.39, 0.29) is 6.04 Å². The van der Waals surface area contributed by atoms with Crippen LogP contribution in [-0.2, 0) is 0 Å². The topological polar surface area (TPSA) is 54.3 Å². The minimum Gasteiger partial charge on any atom is -0.491 e. The number of rotatable bonds is 6. The van der Waals surface area contributed by atoms with Crippen LogP contribution in [0.25, 0.3) is 0 Å². The van der Waals surface area contributed by atoms with Crippen molar-refractivity contribution in [2.75, 3.05) is 13.7 Å². The van der Waals surface area contributed by atoms with Crippen molar-refractivity contribution >= 4 is 0 Å². The normalized spacial score (nSPS) is 11.4. The summed E-state index contributed by atoms with van der Waals surface area (Å²) in [5, 5.41) is 11.7. The van der Waals surface area contributed by atoms with Gasteiger partial charge in [-0.1, -0.05) is 18.2 Å². The van der Waals surface area contributed by atoms with Crippen LogP contribution < -0.4 is 14.8 Å². The molecule has 4 nitrogen and oxygen atoms in total. The molecule has 4 heteroatoms. The third-order valence-electron chi connectivity index (χ3n) is 2.72. The summed E-state index contributed by atoms with van der Waals surface area (Å²) in [7, 11) is 1.73. The van der Waals surface area contributed by atoms with Gasteiger partial charge in [-0.15, -0.1) is 0 Å². The van der Waals surface area contributed by atoms with Crippen LogP contribution in [0.3, 0.4) is 0 Å². The Morgan fingerprint density at radius 1 is 1.00 bits per heavy atom. The van der Waals surface area contributed by atoms with Crippen LogP contribution in [0.2, 0.25) is 0 Å². The molecule has 102 valence electrons. The third-order valence-corrected chi connectivity index (χ3v) is 2.72. The zero-order valence-corrected chi connectivity index (χ0v) is 11.2. The molecule has 0 fully saturated rings. The van der Waals surface area contributed by atoms with E-state index >= 15 is 0 Å². The van der Waals surface area contributed by atoms with E-state index in [1.165, 1.54) is 0 Å². The first kappa shape index (κ1) is 13.9. The Hall–Kier alpha value is -2.51. The van der Waals surface area contributed by atoms with Gasteiger partial charge in [-0.2, -0.15) is 5.26 Å². The molecule has 0 aliphatic heterocycles. The van der Waals surface area contributed by atoms with Gasteiger partial charge in [0.05, 0.1) is 6.07 Å². The summed E-state index contributed by atoms with van der Waals surface area (Å²) < 4.78 is 11.2. The average Bonchev–Trinajstić information content (AvgIpc) is 2.51. The van der Waals surface area contributed by atoms with E-state index in [1.807, 2.05) is 54.6 Å². The Balaban J connectivity index is 1.92. The Morgan fingerprint density at radius 3 is 2.20 bits per heavy atom. The van der Waals surface area contributed by atoms with Gasteiger partial charge in [-0.25, -0.2) is 0 Å². The van der Waals surface area contributed by atoms with Crippen molar-refractivity contribution < 1.29 is 9.47 Å². The molecule has 0 spiro atoms. The van der Waals surface area contributed by atoms with E-state index in [0.29, 0.717) is 12.4 Å². The van der Waals surface area contributed by atoms with Gasteiger partial charge < -0.3 is 14.8 Å². The van der Waals surface area contributed by atoms with Crippen LogP contribution in [0.15, 0.2) is 54.6 Å². The molecule has 0 amide bonds. The van der Waals surface area contributed by atoms with Gasteiger partial charge in [0, 0.05) is 0 Å². The van der Waals surface area contributed by atoms with Crippen molar-refractivity contribution in [3.05, 3.63) is 54.6 Å². The molecule has 20 heavy (non-hydrogen) atoms. The lowest BCUT2D eigenvalue weighted by atomic mass is 10.3. The molecule has 2 rings (SSSR count). The molecular weight excluding hydrogens is 252 g/mol. The van der Waals surface area contributed by atoms with Gasteiger partial charge in [-0.3, -0.25) is 0 Å². The zero-order valence-electron chi connectivity index (χ0n) is 11.2. The summed E-state index contributed by atoms with van der Waals surface area (Å²) in [6.07, 6.45) is 0. The minimum atomic E-state index is -0.310. The Labute approximate surface area is 118 Å². The first-order valence-electron chi connectivity index (χ1n) is 6.34. The molecule has 0 radical (unpaired) electrons. The summed E-state index contributed by atoms with van der Waals surface area (Å²) in [5.41, 5.74) is 0. The molecule has 2 aromatic carbocycles. The molecule has 0 bridgehead atoms. The standard InChI is InChI=1S/C16H16N2O2/c1-18-13(11-17)12-19-14-7-9-16(10-8-14)20-15-5-3-2-4-6-15/h2-10,13,18H,12H2,1H3. The predicted molar refractivity (Wildman–Crippen MR) is 76.9 cm³/mol. The number of nitrogens with zero attached hydrogens (tertiary/aromatic N) is 1. The third kappa shape index (κ3) is 4.01. The van der Waals surface area contributed by atoms with E-state index < -0.39 is 0 Å². The smallest absolute Gasteiger partial charge is 0.129 e. The second kappa shape index (κ2) is 7.17. The highest BCUT2D eigenvalue weighted by molar-refractivity contribution is 5.35. The second-order valence-corrected chi connectivity index (χ2v) is 4.17. The maximum absolute atomic E-state index is 8.80. The minimum absolute atomic E-state index is 0.310. The van der Waals surface area contributed by atoms with E-state index in [9.17, 15) is 0 Å². The molecular formula is C16H16N2O2. The number of hydrogen-bond donors (Lipinski definition) is 1. The fourth-order valence-corrected chi connectivity index (χ4v) is 1.59. The van der Waals surface area contributed by atoms with Gasteiger partial charge in [0.1, 0.15) is 29.9 Å². The lowest BCUT2D eigenvalue weighted by Gasteiger charge is -2.11. The highest BCUT2D eigenvalue weighted by Gasteiger charge is 2.04. The fourth-order valence-electron chi connectivity index (χ4n) is 1.59. The van der Waals surface area contributed by atoms with E-state index in [0.717, 1.165) is 11.5 Å². The summed E-state index contributed by atoms with van der Waals surface area (Å²) in [6.45, 7) is 0.311. The number of hydrogen-bond acceptors (Lipinski definition) is 4. The van der Waals surface area contributed by atoms with Crippen LogP contribution >= 0.6 is 0 Å². The van der Waals surface area contributed by atoms with E-state index in [4.69, 9.17) is 14.7 Å². The van der Waals surface area contributed by atoms with Gasteiger partial charge in [-0.05, 0) is 43.4 Å². The van der Waals surface area contributed by atoms with E-state index in [1.54, 1.807) is 7.05 Å². The fraction of sp³-hybridized carbons (Fsp3) is 0.188. The number of ether oxygens (including phenoxy) is 2. The summed E-state index contributed by atoms with van der Waals surface area (Å²) in [5.74, 6) is 2.25. The van der Waals surface area contributed by atoms with Crippen molar-refractivity contribution in [2.45, 2.75) is 6.04 Å². The Kier molecular flexibility index (Phi) is 4.99. The number of nitriles is 1. The summed E-state index contributed by atoms with van der Waals surface area (Å²) in [4.78, 5) is 0. The largest absolute Gasteiger partial charge is 0.491 e. The lowest BCUT2D eigenvalue weighted by Crippen LogP contribution is -2.29. The SMILES string of the molecule is CNC(C#N)COc1ccc(Oc2ccccc2)cc1. The van der Waals surface area contributed by atoms with Crippen LogP contribution in [0.1, 0.15) is 0 Å². The monoisotopic (exact) mass is 268 g/mol. The molecule has 0 saturated carbocycles. The number of para-hydroxylation sites is 1. The molecule has 0 heterocycles. The first-order chi connectivity index (χ1) is 9.81. The second-order valence-electron chi connectivity index (χ2n) is 4.17. The maximum atomic E-state index is 8.80. The van der Waals surface area contributed by atoms with Gasteiger partial charge >= 0.3 is 0 Å². The molecule has 1 atom stereocenters. The van der Waals surface area contributed by atoms with Crippen molar-refractivity contribution in [3.63, 3.8) is 0 Å². The van der Waals surface area contributed by atoms with E-state index in [2.05, 4.69) is 11.4 Å². The predicted octanol–water partition coefficient (Wildman–Crippen LogP) is 2.97. The molecule has 0 aliphatic rings. The molecule has 0 aliphatic carbocycles. The quantitative estimate of drug-likeness (QED) is 0.875. The number of benzene rings is 2. The van der Waals surface area contributed by atoms with Crippen LogP contribution in [0.4, 0.5) is 0 Å². The molecule has 0 aromatic heterocycles. The Bertz CT molecular complexity index is 561. The number of likely N-dealkylation sites (N-methyl/N-ethyl adjacent to an activating group) is 1. The van der Waals surface area contributed by atoms with Crippen molar-refractivity contribution in [2.24, 2.45) is 0 Å². The number of nitrogens with one attached hydrogen (secondary N) is 1. The van der Waals surface area contributed by atoms with Gasteiger partial charge in [0.2, 0.25) is 0 Å². The lowest BCUT2D eigenvalue weighted by molar-refractivity contribution is 0.294. The molecule has 0 saturated heterocycles. The van der Waals surface area contributed by atoms with Crippen molar-refractivity contribution in [1.82, 2.24) is 5.32 Å². The van der Waals surface area contributed by atoms with Crippen molar-refractivity contribution in [3.8, 4) is 23.3 Å². The summed E-state index contributed by atoms with van der Waals surface area (Å²) >= 11 is 0. The molecule has 1 N–H and O–H groups in total. The highest BCUT2D eigenvalue weighted by Crippen LogP contribution is 2.23. The highest BCUT2D eigenvalue weighted by atomic mass is 16.5. The van der Waals surface area contributed by atoms with Gasteiger partial charge in [0.15, 0.2) is 0 Å². The van der Waals surface area contributed by atoms with Gasteiger partial charge in [0.25, 0.3) is 0 Å². The maximum Gasteiger partial charge on any atom is 0.129 e. The molecule has 1 unspecified atom stereocenters. The average molecular weight is 268 g/mol. The zero-order chi connectivity index (χ0) is 14.2. The van der Waals surface area contributed by atoms with Crippen LogP contribution in [-0.4, -0.2) is 19.7 Å². The summed E-state index contributed by atoms with van der Waals surface area (Å²) in [6, 6.07) is 18.7. The van der Waals surface area contributed by atoms with Crippen LogP contribution in [0.5, 0.6) is 17.2 Å². The molecule has 2 aromatic rings.